The van der Waals surface area contributed by atoms with Crippen molar-refractivity contribution in [2.24, 2.45) is 10.2 Å². The number of halogens is 1. The van der Waals surface area contributed by atoms with Gasteiger partial charge in [0.15, 0.2) is 5.17 Å². The van der Waals surface area contributed by atoms with Crippen molar-refractivity contribution < 1.29 is 14.1 Å². The van der Waals surface area contributed by atoms with Crippen molar-refractivity contribution in [1.82, 2.24) is 5.32 Å². The first-order chi connectivity index (χ1) is 12.9. The lowest BCUT2D eigenvalue weighted by Crippen LogP contribution is -2.26. The summed E-state index contributed by atoms with van der Waals surface area (Å²) in [7, 11) is 0. The number of nitrogens with zero attached hydrogens (tertiary/aromatic N) is 3. The van der Waals surface area contributed by atoms with E-state index in [-0.39, 0.29) is 23.8 Å². The van der Waals surface area contributed by atoms with Gasteiger partial charge in [-0.3, -0.25) is 14.9 Å². The summed E-state index contributed by atoms with van der Waals surface area (Å²) in [5, 5.41) is 21.6. The first kappa shape index (κ1) is 18.7. The molecule has 27 heavy (non-hydrogen) atoms. The zero-order chi connectivity index (χ0) is 19.4. The maximum atomic E-state index is 13.0. The van der Waals surface area contributed by atoms with E-state index in [1.165, 1.54) is 30.0 Å². The molecule has 2 aromatic carbocycles. The number of nitro benzene ring substituents is 1. The molecule has 0 aliphatic carbocycles. The van der Waals surface area contributed by atoms with E-state index in [1.807, 2.05) is 0 Å². The molecule has 0 bridgehead atoms. The number of hydrogen-bond donors (Lipinski definition) is 1. The standard InChI is InChI=1S/C18H15FN4O3S/c1-11(12-6-8-14(19)9-7-12)21-22-18-20-17(24)16(27-18)10-13-4-2-3-5-15(13)23(25)26/h2-9,16H,10H2,1H3,(H,20,22,24)/b21-11-/t16-/m1/s1. The molecule has 138 valence electrons. The number of nitrogens with one attached hydrogen (secondary N) is 1. The largest absolute Gasteiger partial charge is 0.303 e. The highest BCUT2D eigenvalue weighted by Crippen LogP contribution is 2.27. The van der Waals surface area contributed by atoms with Crippen molar-refractivity contribution in [3.8, 4) is 0 Å². The number of para-hydroxylation sites is 1. The van der Waals surface area contributed by atoms with Crippen molar-refractivity contribution in [1.29, 1.82) is 0 Å². The second-order valence-electron chi connectivity index (χ2n) is 5.78. The van der Waals surface area contributed by atoms with Gasteiger partial charge >= 0.3 is 0 Å². The van der Waals surface area contributed by atoms with Gasteiger partial charge in [-0.25, -0.2) is 4.39 Å². The van der Waals surface area contributed by atoms with Crippen molar-refractivity contribution in [3.63, 3.8) is 0 Å². The number of carbonyl (C=O) groups is 1. The third-order valence-corrected chi connectivity index (χ3v) is 5.00. The van der Waals surface area contributed by atoms with Crippen LogP contribution in [0.15, 0.2) is 58.7 Å². The Kier molecular flexibility index (Phi) is 5.60. The fraction of sp³-hybridized carbons (Fsp3) is 0.167. The predicted octanol–water partition coefficient (Wildman–Crippen LogP) is 3.29. The molecule has 1 saturated heterocycles. The summed E-state index contributed by atoms with van der Waals surface area (Å²) >= 11 is 1.17. The zero-order valence-corrected chi connectivity index (χ0v) is 15.1. The van der Waals surface area contributed by atoms with Crippen molar-refractivity contribution in [3.05, 3.63) is 75.6 Å². The van der Waals surface area contributed by atoms with E-state index in [4.69, 9.17) is 0 Å². The number of amidine groups is 1. The Labute approximate surface area is 158 Å². The number of thioether (sulfide) groups is 1. The van der Waals surface area contributed by atoms with E-state index in [0.717, 1.165) is 0 Å². The molecule has 1 heterocycles. The smallest absolute Gasteiger partial charge is 0.272 e. The van der Waals surface area contributed by atoms with Crippen LogP contribution in [0.3, 0.4) is 0 Å². The second kappa shape index (κ2) is 8.09. The first-order valence-electron chi connectivity index (χ1n) is 8.02. The van der Waals surface area contributed by atoms with Gasteiger partial charge in [-0.05, 0) is 24.6 Å². The quantitative estimate of drug-likeness (QED) is 0.484. The molecule has 0 radical (unpaired) electrons. The van der Waals surface area contributed by atoms with Gasteiger partial charge in [0.2, 0.25) is 5.91 Å². The predicted molar refractivity (Wildman–Crippen MR) is 102 cm³/mol. The van der Waals surface area contributed by atoms with Crippen LogP contribution in [0, 0.1) is 15.9 Å². The number of benzene rings is 2. The van der Waals surface area contributed by atoms with Gasteiger partial charge in [-0.15, -0.1) is 5.10 Å². The molecule has 0 saturated carbocycles. The molecule has 0 unspecified atom stereocenters. The fourth-order valence-corrected chi connectivity index (χ4v) is 3.46. The van der Waals surface area contributed by atoms with Crippen molar-refractivity contribution >= 4 is 34.2 Å². The van der Waals surface area contributed by atoms with Crippen molar-refractivity contribution in [2.45, 2.75) is 18.6 Å². The fourth-order valence-electron chi connectivity index (χ4n) is 2.52. The topological polar surface area (TPSA) is 97.0 Å². The molecule has 9 heteroatoms. The van der Waals surface area contributed by atoms with E-state index >= 15 is 0 Å². The first-order valence-corrected chi connectivity index (χ1v) is 8.90. The van der Waals surface area contributed by atoms with Gasteiger partial charge < -0.3 is 5.32 Å². The van der Waals surface area contributed by atoms with Crippen LogP contribution in [0.2, 0.25) is 0 Å². The maximum Gasteiger partial charge on any atom is 0.272 e. The van der Waals surface area contributed by atoms with Gasteiger partial charge in [0.1, 0.15) is 5.82 Å². The minimum absolute atomic E-state index is 0.0125. The van der Waals surface area contributed by atoms with Gasteiger partial charge in [0.05, 0.1) is 15.9 Å². The van der Waals surface area contributed by atoms with Gasteiger partial charge in [0.25, 0.3) is 5.69 Å². The Hall–Kier alpha value is -3.07. The molecule has 1 fully saturated rings. The molecule has 1 N–H and O–H groups in total. The van der Waals surface area contributed by atoms with Crippen LogP contribution in [0.1, 0.15) is 18.1 Å². The van der Waals surface area contributed by atoms with E-state index < -0.39 is 10.2 Å². The summed E-state index contributed by atoms with van der Waals surface area (Å²) in [4.78, 5) is 22.8. The molecular formula is C18H15FN4O3S. The van der Waals surface area contributed by atoms with Crippen LogP contribution < -0.4 is 5.32 Å². The summed E-state index contributed by atoms with van der Waals surface area (Å²) < 4.78 is 13.0. The van der Waals surface area contributed by atoms with Crippen LogP contribution in [-0.2, 0) is 11.2 Å². The summed E-state index contributed by atoms with van der Waals surface area (Å²) in [6, 6.07) is 12.2. The SMILES string of the molecule is C/C(=N/N=C1\NC(=O)[C@@H](Cc2ccccc2[N+](=O)[O-])S1)c1ccc(F)cc1. The average molecular weight is 386 g/mol. The van der Waals surface area contributed by atoms with E-state index in [0.29, 0.717) is 22.0 Å². The number of rotatable bonds is 5. The Morgan fingerprint density at radius 3 is 2.67 bits per heavy atom. The minimum Gasteiger partial charge on any atom is -0.303 e. The number of amides is 1. The lowest BCUT2D eigenvalue weighted by atomic mass is 10.1. The molecule has 1 amide bonds. The Morgan fingerprint density at radius 1 is 1.26 bits per heavy atom. The van der Waals surface area contributed by atoms with Crippen LogP contribution >= 0.6 is 11.8 Å². The third-order valence-electron chi connectivity index (χ3n) is 3.92. The number of nitro groups is 1. The summed E-state index contributed by atoms with van der Waals surface area (Å²) in [6.45, 7) is 1.73. The van der Waals surface area contributed by atoms with Crippen molar-refractivity contribution in [2.75, 3.05) is 0 Å². The minimum atomic E-state index is -0.522. The molecule has 3 rings (SSSR count). The van der Waals surface area contributed by atoms with Crippen LogP contribution in [0.4, 0.5) is 10.1 Å². The summed E-state index contributed by atoms with van der Waals surface area (Å²) in [6.07, 6.45) is 0.216. The van der Waals surface area contributed by atoms with E-state index in [9.17, 15) is 19.3 Å². The third kappa shape index (κ3) is 4.56. The highest BCUT2D eigenvalue weighted by molar-refractivity contribution is 8.15. The zero-order valence-electron chi connectivity index (χ0n) is 14.3. The normalized spacial score (nSPS) is 18.6. The summed E-state index contributed by atoms with van der Waals surface area (Å²) in [5.41, 5.74) is 1.76. The van der Waals surface area contributed by atoms with E-state index in [2.05, 4.69) is 15.5 Å². The van der Waals surface area contributed by atoms with Gasteiger partial charge in [-0.2, -0.15) is 5.10 Å². The maximum absolute atomic E-state index is 13.0. The number of carbonyl (C=O) groups excluding carboxylic acids is 1. The number of hydrogen-bond acceptors (Lipinski definition) is 6. The monoisotopic (exact) mass is 386 g/mol. The molecule has 0 aromatic heterocycles. The Morgan fingerprint density at radius 2 is 1.96 bits per heavy atom. The van der Waals surface area contributed by atoms with E-state index in [1.54, 1.807) is 37.3 Å². The Balaban J connectivity index is 1.72. The lowest BCUT2D eigenvalue weighted by molar-refractivity contribution is -0.385. The van der Waals surface area contributed by atoms with Gasteiger partial charge in [0, 0.05) is 18.1 Å². The lowest BCUT2D eigenvalue weighted by Gasteiger charge is -2.05. The second-order valence-corrected chi connectivity index (χ2v) is 6.97. The average Bonchev–Trinajstić information content (AvgIpc) is 3.00. The molecule has 1 aliphatic rings. The van der Waals surface area contributed by atoms with Crippen LogP contribution in [0.5, 0.6) is 0 Å². The molecule has 1 atom stereocenters. The highest BCUT2D eigenvalue weighted by Gasteiger charge is 2.32. The molecular weight excluding hydrogens is 371 g/mol. The molecule has 0 spiro atoms. The molecule has 7 nitrogen and oxygen atoms in total. The summed E-state index contributed by atoms with van der Waals surface area (Å²) in [5.74, 6) is -0.610. The highest BCUT2D eigenvalue weighted by atomic mass is 32.2. The molecule has 1 aliphatic heterocycles. The van der Waals surface area contributed by atoms with Gasteiger partial charge in [-0.1, -0.05) is 42.1 Å². The van der Waals surface area contributed by atoms with Crippen LogP contribution in [-0.4, -0.2) is 27.0 Å². The van der Waals surface area contributed by atoms with Crippen LogP contribution in [0.25, 0.3) is 0 Å². The Bertz CT molecular complexity index is 944. The molecule has 2 aromatic rings.